The first-order chi connectivity index (χ1) is 14.7. The van der Waals surface area contributed by atoms with Crippen LogP contribution in [0.15, 0.2) is 42.9 Å². The van der Waals surface area contributed by atoms with Gasteiger partial charge in [-0.05, 0) is 50.7 Å². The Labute approximate surface area is 176 Å². The van der Waals surface area contributed by atoms with E-state index in [4.69, 9.17) is 0 Å². The summed E-state index contributed by atoms with van der Waals surface area (Å²) in [5, 5.41) is 7.57. The van der Waals surface area contributed by atoms with Crippen LogP contribution in [0.1, 0.15) is 52.5 Å². The van der Waals surface area contributed by atoms with E-state index in [9.17, 15) is 4.79 Å². The summed E-state index contributed by atoms with van der Waals surface area (Å²) in [6.45, 7) is 3.81. The van der Waals surface area contributed by atoms with E-state index in [0.29, 0.717) is 5.56 Å². The zero-order chi connectivity index (χ0) is 20.5. The Morgan fingerprint density at radius 3 is 2.77 bits per heavy atom. The van der Waals surface area contributed by atoms with Gasteiger partial charge in [0.25, 0.3) is 5.91 Å². The summed E-state index contributed by atoms with van der Waals surface area (Å²) in [6, 6.07) is 9.77. The number of carbonyl (C=O) groups excluding carboxylic acids is 1. The largest absolute Gasteiger partial charge is 0.356 e. The van der Waals surface area contributed by atoms with Crippen LogP contribution in [0.5, 0.6) is 0 Å². The molecule has 1 fully saturated rings. The average molecular weight is 403 g/mol. The number of piperidine rings is 1. The molecule has 1 aliphatic heterocycles. The molecule has 1 saturated heterocycles. The van der Waals surface area contributed by atoms with E-state index < -0.39 is 0 Å². The quantitative estimate of drug-likeness (QED) is 0.722. The molecule has 1 aliphatic carbocycles. The number of fused-ring (bicyclic) bond motifs is 1. The molecule has 0 saturated carbocycles. The highest BCUT2D eigenvalue weighted by Crippen LogP contribution is 2.32. The fraction of sp³-hybridized carbons (Fsp3) is 0.391. The highest BCUT2D eigenvalue weighted by Gasteiger charge is 2.27. The van der Waals surface area contributed by atoms with Gasteiger partial charge < -0.3 is 10.2 Å². The topological polar surface area (TPSA) is 75.9 Å². The number of rotatable bonds is 4. The van der Waals surface area contributed by atoms with Gasteiger partial charge in [-0.25, -0.2) is 14.6 Å². The zero-order valence-electron chi connectivity index (χ0n) is 17.2. The number of hydrogen-bond acceptors (Lipinski definition) is 5. The van der Waals surface area contributed by atoms with Gasteiger partial charge in [-0.1, -0.05) is 18.2 Å². The van der Waals surface area contributed by atoms with Crippen molar-refractivity contribution in [3.8, 4) is 0 Å². The van der Waals surface area contributed by atoms with Crippen LogP contribution in [-0.4, -0.2) is 38.7 Å². The van der Waals surface area contributed by atoms with Gasteiger partial charge >= 0.3 is 0 Å². The van der Waals surface area contributed by atoms with Crippen molar-refractivity contribution in [2.45, 2.75) is 45.1 Å². The Morgan fingerprint density at radius 2 is 1.93 bits per heavy atom. The van der Waals surface area contributed by atoms with E-state index in [2.05, 4.69) is 25.3 Å². The molecular weight excluding hydrogens is 376 g/mol. The number of nitrogens with zero attached hydrogens (tertiary/aromatic N) is 5. The average Bonchev–Trinajstić information content (AvgIpc) is 3.43. The van der Waals surface area contributed by atoms with Crippen molar-refractivity contribution in [1.29, 1.82) is 0 Å². The fourth-order valence-electron chi connectivity index (χ4n) is 4.65. The van der Waals surface area contributed by atoms with Crippen molar-refractivity contribution in [2.24, 2.45) is 0 Å². The van der Waals surface area contributed by atoms with Crippen LogP contribution < -0.4 is 10.2 Å². The molecule has 154 valence electrons. The van der Waals surface area contributed by atoms with Crippen molar-refractivity contribution in [3.63, 3.8) is 0 Å². The predicted molar refractivity (Wildman–Crippen MR) is 116 cm³/mol. The molecule has 0 unspecified atom stereocenters. The summed E-state index contributed by atoms with van der Waals surface area (Å²) < 4.78 is 1.97. The minimum atomic E-state index is -0.0937. The summed E-state index contributed by atoms with van der Waals surface area (Å²) in [5.41, 5.74) is 4.21. The molecule has 2 aromatic heterocycles. The standard InChI is InChI=1S/C23H26N6O/c1-16-5-2-3-6-18(16)23(30)27-21-9-12-26-29(21)17-10-13-28(14-11-17)22-19-7-4-8-20(19)24-15-25-22/h2-3,5-6,9,12,15,17H,4,7-8,10-11,13-14H2,1H3,(H,27,30). The number of hydrogen-bond donors (Lipinski definition) is 1. The minimum Gasteiger partial charge on any atom is -0.356 e. The molecule has 7 nitrogen and oxygen atoms in total. The Balaban J connectivity index is 1.28. The number of aromatic nitrogens is 4. The van der Waals surface area contributed by atoms with Crippen molar-refractivity contribution < 1.29 is 4.79 Å². The summed E-state index contributed by atoms with van der Waals surface area (Å²) in [4.78, 5) is 24.2. The molecule has 0 bridgehead atoms. The molecule has 0 radical (unpaired) electrons. The van der Waals surface area contributed by atoms with Crippen LogP contribution in [-0.2, 0) is 12.8 Å². The first kappa shape index (κ1) is 18.8. The Kier molecular flexibility index (Phi) is 4.94. The molecule has 7 heteroatoms. The third-order valence-corrected chi connectivity index (χ3v) is 6.26. The number of amides is 1. The number of nitrogens with one attached hydrogen (secondary N) is 1. The van der Waals surface area contributed by atoms with Crippen molar-refractivity contribution in [1.82, 2.24) is 19.7 Å². The summed E-state index contributed by atoms with van der Waals surface area (Å²) in [5.74, 6) is 1.78. The van der Waals surface area contributed by atoms with Crippen molar-refractivity contribution in [3.05, 3.63) is 65.2 Å². The molecule has 0 spiro atoms. The van der Waals surface area contributed by atoms with Gasteiger partial charge in [-0.2, -0.15) is 5.10 Å². The lowest BCUT2D eigenvalue weighted by molar-refractivity contribution is 0.102. The maximum atomic E-state index is 12.7. The molecule has 3 heterocycles. The van der Waals surface area contributed by atoms with E-state index >= 15 is 0 Å². The van der Waals surface area contributed by atoms with Crippen LogP contribution in [0.2, 0.25) is 0 Å². The second-order valence-electron chi connectivity index (χ2n) is 8.12. The number of anilines is 2. The normalized spacial score (nSPS) is 16.5. The van der Waals surface area contributed by atoms with Gasteiger partial charge in [0.1, 0.15) is 18.0 Å². The van der Waals surface area contributed by atoms with Gasteiger partial charge in [-0.3, -0.25) is 4.79 Å². The van der Waals surface area contributed by atoms with Gasteiger partial charge in [0, 0.05) is 36.0 Å². The highest BCUT2D eigenvalue weighted by atomic mass is 16.1. The number of aryl methyl sites for hydroxylation is 2. The van der Waals surface area contributed by atoms with E-state index in [1.807, 2.05) is 41.9 Å². The van der Waals surface area contributed by atoms with Crippen molar-refractivity contribution in [2.75, 3.05) is 23.3 Å². The molecule has 2 aliphatic rings. The maximum Gasteiger partial charge on any atom is 0.257 e. The molecule has 1 N–H and O–H groups in total. The van der Waals surface area contributed by atoms with E-state index in [0.717, 1.165) is 56.0 Å². The predicted octanol–water partition coefficient (Wildman–Crippen LogP) is 3.56. The Bertz CT molecular complexity index is 1070. The Morgan fingerprint density at radius 1 is 1.10 bits per heavy atom. The third kappa shape index (κ3) is 3.44. The molecule has 1 aromatic carbocycles. The van der Waals surface area contributed by atoms with E-state index in [-0.39, 0.29) is 11.9 Å². The molecule has 5 rings (SSSR count). The molecule has 0 atom stereocenters. The summed E-state index contributed by atoms with van der Waals surface area (Å²) in [6.07, 6.45) is 8.73. The fourth-order valence-corrected chi connectivity index (χ4v) is 4.65. The first-order valence-electron chi connectivity index (χ1n) is 10.7. The summed E-state index contributed by atoms with van der Waals surface area (Å²) in [7, 11) is 0. The van der Waals surface area contributed by atoms with Gasteiger partial charge in [0.2, 0.25) is 0 Å². The molecule has 1 amide bonds. The second-order valence-corrected chi connectivity index (χ2v) is 8.12. The van der Waals surface area contributed by atoms with Crippen molar-refractivity contribution >= 4 is 17.5 Å². The highest BCUT2D eigenvalue weighted by molar-refractivity contribution is 6.04. The van der Waals surface area contributed by atoms with Crippen LogP contribution >= 0.6 is 0 Å². The lowest BCUT2D eigenvalue weighted by Gasteiger charge is -2.34. The molecule has 30 heavy (non-hydrogen) atoms. The number of benzene rings is 1. The number of carbonyl (C=O) groups is 1. The smallest absolute Gasteiger partial charge is 0.257 e. The molecular formula is C23H26N6O. The van der Waals surface area contributed by atoms with E-state index in [1.54, 1.807) is 12.5 Å². The SMILES string of the molecule is Cc1ccccc1C(=O)Nc1ccnn1C1CCN(c2ncnc3c2CCC3)CC1. The van der Waals surface area contributed by atoms with E-state index in [1.165, 1.54) is 17.7 Å². The first-order valence-corrected chi connectivity index (χ1v) is 10.7. The maximum absolute atomic E-state index is 12.7. The van der Waals surface area contributed by atoms with Crippen LogP contribution in [0.25, 0.3) is 0 Å². The third-order valence-electron chi connectivity index (χ3n) is 6.26. The Hall–Kier alpha value is -3.22. The monoisotopic (exact) mass is 402 g/mol. The minimum absolute atomic E-state index is 0.0937. The van der Waals surface area contributed by atoms with Gasteiger partial charge in [0.05, 0.1) is 12.2 Å². The molecule has 3 aromatic rings. The van der Waals surface area contributed by atoms with Crippen LogP contribution in [0.4, 0.5) is 11.6 Å². The van der Waals surface area contributed by atoms with Crippen LogP contribution in [0, 0.1) is 6.92 Å². The second kappa shape index (κ2) is 7.89. The lowest BCUT2D eigenvalue weighted by Crippen LogP contribution is -2.36. The lowest BCUT2D eigenvalue weighted by atomic mass is 10.0. The van der Waals surface area contributed by atoms with Gasteiger partial charge in [-0.15, -0.1) is 0 Å². The van der Waals surface area contributed by atoms with Gasteiger partial charge in [0.15, 0.2) is 0 Å². The zero-order valence-corrected chi connectivity index (χ0v) is 17.2. The summed E-state index contributed by atoms with van der Waals surface area (Å²) >= 11 is 0. The van der Waals surface area contributed by atoms with Crippen LogP contribution in [0.3, 0.4) is 0 Å².